The Hall–Kier alpha value is -2.46. The minimum atomic E-state index is -4.22. The molecule has 1 saturated heterocycles. The highest BCUT2D eigenvalue weighted by Gasteiger charge is 2.54. The van der Waals surface area contributed by atoms with E-state index in [2.05, 4.69) is 4.98 Å². The van der Waals surface area contributed by atoms with E-state index in [1.165, 1.54) is 18.3 Å². The second-order valence-electron chi connectivity index (χ2n) is 9.30. The van der Waals surface area contributed by atoms with Gasteiger partial charge in [0.2, 0.25) is 0 Å². The van der Waals surface area contributed by atoms with Gasteiger partial charge in [-0.2, -0.15) is 13.2 Å². The van der Waals surface area contributed by atoms with Gasteiger partial charge in [-0.15, -0.1) is 0 Å². The minimum absolute atomic E-state index is 0.0224. The Morgan fingerprint density at radius 1 is 1.06 bits per heavy atom. The lowest BCUT2D eigenvalue weighted by atomic mass is 9.99. The molecule has 0 aliphatic carbocycles. The van der Waals surface area contributed by atoms with Crippen LogP contribution in [0, 0.1) is 0 Å². The Labute approximate surface area is 197 Å². The molecule has 1 aromatic carbocycles. The van der Waals surface area contributed by atoms with Crippen molar-refractivity contribution in [2.45, 2.75) is 67.9 Å². The molecule has 0 spiro atoms. The molecule has 3 rings (SSSR count). The molecule has 34 heavy (non-hydrogen) atoms. The summed E-state index contributed by atoms with van der Waals surface area (Å²) in [6.45, 7) is 5.26. The van der Waals surface area contributed by atoms with Crippen molar-refractivity contribution in [3.05, 3.63) is 48.2 Å². The second-order valence-corrected chi connectivity index (χ2v) is 11.6. The number of sulfone groups is 1. The van der Waals surface area contributed by atoms with Crippen molar-refractivity contribution >= 4 is 15.8 Å². The van der Waals surface area contributed by atoms with Crippen molar-refractivity contribution < 1.29 is 35.9 Å². The molecule has 1 fully saturated rings. The Bertz CT molecular complexity index is 1100. The van der Waals surface area contributed by atoms with E-state index in [0.717, 1.165) is 0 Å². The van der Waals surface area contributed by atoms with Crippen LogP contribution in [0.3, 0.4) is 0 Å². The molecular weight excluding hydrogens is 471 g/mol. The molecule has 0 radical (unpaired) electrons. The number of carbonyl (C=O) groups excluding carboxylic acids is 1. The van der Waals surface area contributed by atoms with Crippen LogP contribution >= 0.6 is 0 Å². The number of aromatic nitrogens is 1. The lowest BCUT2D eigenvalue weighted by Gasteiger charge is -2.36. The fraction of sp³-hybridized carbons (Fsp3) is 0.500. The Morgan fingerprint density at radius 3 is 2.18 bits per heavy atom. The lowest BCUT2D eigenvalue weighted by Crippen LogP contribution is -2.53. The number of alkyl halides is 3. The van der Waals surface area contributed by atoms with E-state index in [9.17, 15) is 26.4 Å². The minimum Gasteiger partial charge on any atom is -0.459 e. The van der Waals surface area contributed by atoms with E-state index in [1.807, 2.05) is 0 Å². The van der Waals surface area contributed by atoms with E-state index in [4.69, 9.17) is 9.47 Å². The molecule has 0 bridgehead atoms. The van der Waals surface area contributed by atoms with Gasteiger partial charge in [0.25, 0.3) is 0 Å². The van der Waals surface area contributed by atoms with Crippen LogP contribution in [-0.2, 0) is 30.5 Å². The topological polar surface area (TPSA) is 82.6 Å². The molecular formula is C24H28F3NO5S. The highest BCUT2D eigenvalue weighted by Crippen LogP contribution is 2.37. The van der Waals surface area contributed by atoms with E-state index >= 15 is 0 Å². The van der Waals surface area contributed by atoms with Crippen molar-refractivity contribution in [3.63, 3.8) is 0 Å². The number of ether oxygens (including phenoxy) is 2. The first-order valence-corrected chi connectivity index (χ1v) is 12.4. The molecule has 10 heteroatoms. The van der Waals surface area contributed by atoms with Crippen molar-refractivity contribution in [2.24, 2.45) is 0 Å². The molecule has 2 aromatic rings. The molecule has 2 heterocycles. The summed E-state index contributed by atoms with van der Waals surface area (Å²) in [5.74, 6) is -0.804. The molecule has 0 atom stereocenters. The number of esters is 1. The second kappa shape index (κ2) is 9.65. The van der Waals surface area contributed by atoms with Crippen LogP contribution in [0.25, 0.3) is 11.3 Å². The van der Waals surface area contributed by atoms with Gasteiger partial charge in [0.05, 0.1) is 10.6 Å². The highest BCUT2D eigenvalue weighted by atomic mass is 32.2. The quantitative estimate of drug-likeness (QED) is 0.526. The zero-order valence-electron chi connectivity index (χ0n) is 19.3. The summed E-state index contributed by atoms with van der Waals surface area (Å²) >= 11 is 0. The summed E-state index contributed by atoms with van der Waals surface area (Å²) in [7, 11) is -4.15. The molecule has 0 unspecified atom stereocenters. The molecule has 6 nitrogen and oxygen atoms in total. The first-order chi connectivity index (χ1) is 15.7. The average Bonchev–Trinajstić information content (AvgIpc) is 2.77. The van der Waals surface area contributed by atoms with Crippen LogP contribution in [0.5, 0.6) is 0 Å². The molecule has 186 valence electrons. The maximum Gasteiger partial charge on any atom is 0.389 e. The third-order valence-corrected chi connectivity index (χ3v) is 8.05. The Balaban J connectivity index is 1.85. The number of rotatable bonds is 6. The predicted molar refractivity (Wildman–Crippen MR) is 120 cm³/mol. The van der Waals surface area contributed by atoms with Crippen molar-refractivity contribution in [2.75, 3.05) is 13.2 Å². The Kier molecular flexibility index (Phi) is 7.43. The number of aryl methyl sites for hydroxylation is 1. The van der Waals surface area contributed by atoms with Gasteiger partial charge < -0.3 is 9.47 Å². The van der Waals surface area contributed by atoms with Crippen molar-refractivity contribution in [3.8, 4) is 11.3 Å². The SMILES string of the molecule is CC(C)(C)OC(=O)C1(S(=O)(=O)c2ccc(-c3ccc(CCC(F)(F)F)cc3)nc2)CCOCC1. The summed E-state index contributed by atoms with van der Waals surface area (Å²) < 4.78 is 73.5. The molecule has 1 aliphatic rings. The summed E-state index contributed by atoms with van der Waals surface area (Å²) in [5.41, 5.74) is 0.776. The van der Waals surface area contributed by atoms with Gasteiger partial charge in [-0.1, -0.05) is 24.3 Å². The number of hydrogen-bond acceptors (Lipinski definition) is 6. The monoisotopic (exact) mass is 499 g/mol. The van der Waals surface area contributed by atoms with Gasteiger partial charge in [0.15, 0.2) is 14.6 Å². The summed E-state index contributed by atoms with van der Waals surface area (Å²) in [4.78, 5) is 17.2. The molecule has 0 amide bonds. The van der Waals surface area contributed by atoms with Gasteiger partial charge in [-0.05, 0) is 44.9 Å². The van der Waals surface area contributed by atoms with Gasteiger partial charge in [0.1, 0.15) is 5.60 Å². The predicted octanol–water partition coefficient (Wildman–Crippen LogP) is 4.91. The summed E-state index contributed by atoms with van der Waals surface area (Å²) in [5, 5.41) is 0. The standard InChI is InChI=1S/C24H28F3NO5S/c1-22(2,3)33-21(29)23(12-14-32-15-13-23)34(30,31)19-8-9-20(28-16-19)18-6-4-17(5-7-18)10-11-24(25,26)27/h4-9,16H,10-15H2,1-3H3. The number of hydrogen-bond donors (Lipinski definition) is 0. The molecule has 0 N–H and O–H groups in total. The molecule has 0 saturated carbocycles. The smallest absolute Gasteiger partial charge is 0.389 e. The van der Waals surface area contributed by atoms with E-state index < -0.39 is 38.8 Å². The average molecular weight is 500 g/mol. The molecule has 1 aromatic heterocycles. The van der Waals surface area contributed by atoms with E-state index in [1.54, 1.807) is 45.0 Å². The number of pyridine rings is 1. The van der Waals surface area contributed by atoms with Crippen LogP contribution in [0.4, 0.5) is 13.2 Å². The van der Waals surface area contributed by atoms with Gasteiger partial charge >= 0.3 is 12.1 Å². The van der Waals surface area contributed by atoms with Gasteiger partial charge in [0, 0.05) is 44.2 Å². The largest absolute Gasteiger partial charge is 0.459 e. The summed E-state index contributed by atoms with van der Waals surface area (Å²) in [6.07, 6.45) is -4.09. The van der Waals surface area contributed by atoms with Gasteiger partial charge in [-0.3, -0.25) is 9.78 Å². The van der Waals surface area contributed by atoms with Crippen LogP contribution in [0.15, 0.2) is 47.5 Å². The van der Waals surface area contributed by atoms with E-state index in [-0.39, 0.29) is 37.4 Å². The van der Waals surface area contributed by atoms with Crippen LogP contribution in [0.2, 0.25) is 0 Å². The third-order valence-electron chi connectivity index (χ3n) is 5.58. The first kappa shape index (κ1) is 26.2. The van der Waals surface area contributed by atoms with Crippen LogP contribution < -0.4 is 0 Å². The fourth-order valence-electron chi connectivity index (χ4n) is 3.72. The number of nitrogens with zero attached hydrogens (tertiary/aromatic N) is 1. The molecule has 1 aliphatic heterocycles. The number of halogens is 3. The Morgan fingerprint density at radius 2 is 1.68 bits per heavy atom. The first-order valence-electron chi connectivity index (χ1n) is 10.9. The number of carbonyl (C=O) groups is 1. The maximum absolute atomic E-state index is 13.6. The zero-order valence-corrected chi connectivity index (χ0v) is 20.1. The van der Waals surface area contributed by atoms with Crippen LogP contribution in [0.1, 0.15) is 45.6 Å². The highest BCUT2D eigenvalue weighted by molar-refractivity contribution is 7.93. The van der Waals surface area contributed by atoms with Gasteiger partial charge in [-0.25, -0.2) is 8.42 Å². The van der Waals surface area contributed by atoms with Crippen LogP contribution in [-0.4, -0.2) is 49.1 Å². The fourth-order valence-corrected chi connectivity index (χ4v) is 5.57. The third kappa shape index (κ3) is 5.96. The van der Waals surface area contributed by atoms with Crippen molar-refractivity contribution in [1.29, 1.82) is 0 Å². The summed E-state index contributed by atoms with van der Waals surface area (Å²) in [6, 6.07) is 9.36. The normalized spacial score (nSPS) is 16.8. The maximum atomic E-state index is 13.6. The zero-order chi connectivity index (χ0) is 25.2. The lowest BCUT2D eigenvalue weighted by molar-refractivity contribution is -0.160. The van der Waals surface area contributed by atoms with E-state index in [0.29, 0.717) is 16.8 Å². The van der Waals surface area contributed by atoms with Crippen molar-refractivity contribution in [1.82, 2.24) is 4.98 Å². The number of benzene rings is 1.